The second-order valence-electron chi connectivity index (χ2n) is 7.71. The van der Waals surface area contributed by atoms with Crippen LogP contribution in [-0.2, 0) is 10.0 Å². The van der Waals surface area contributed by atoms with E-state index in [1.54, 1.807) is 30.6 Å². The van der Waals surface area contributed by atoms with Gasteiger partial charge in [0.05, 0.1) is 41.2 Å². The van der Waals surface area contributed by atoms with Crippen molar-refractivity contribution in [3.63, 3.8) is 0 Å². The van der Waals surface area contributed by atoms with Crippen LogP contribution in [0.25, 0.3) is 11.3 Å². The summed E-state index contributed by atoms with van der Waals surface area (Å²) in [5.74, 6) is -0.625. The van der Waals surface area contributed by atoms with Crippen LogP contribution in [0, 0.1) is 5.82 Å². The Labute approximate surface area is 207 Å². The van der Waals surface area contributed by atoms with Crippen molar-refractivity contribution in [1.82, 2.24) is 20.3 Å². The summed E-state index contributed by atoms with van der Waals surface area (Å²) < 4.78 is 44.8. The molecule has 1 amide bonds. The molecule has 0 atom stereocenters. The molecule has 2 aromatic heterocycles. The minimum absolute atomic E-state index is 0. The van der Waals surface area contributed by atoms with Crippen LogP contribution in [-0.4, -0.2) is 47.7 Å². The van der Waals surface area contributed by atoms with E-state index in [2.05, 4.69) is 25.0 Å². The van der Waals surface area contributed by atoms with Crippen molar-refractivity contribution in [2.24, 2.45) is 0 Å². The molecule has 0 bridgehead atoms. The fourth-order valence-electron chi connectivity index (χ4n) is 2.94. The van der Waals surface area contributed by atoms with Crippen LogP contribution in [0.3, 0.4) is 0 Å². The Kier molecular flexibility index (Phi) is 9.07. The first-order valence-corrected chi connectivity index (χ1v) is 12.8. The molecule has 0 radical (unpaired) electrons. The highest BCUT2D eigenvalue weighted by Crippen LogP contribution is 2.29. The van der Waals surface area contributed by atoms with Crippen molar-refractivity contribution < 1.29 is 25.2 Å². The standard InChI is InChI=1S/C16H18FN3O2.C8H10N2O2S.2H2/c1-3-7-19-16(21)12-6-5-11(8-13(12)17)14-9-18-10-15(20-14)22-4-2;11-13(12,8-1-2-8)10-7-3-5-9-6-4-7;;/h5-6,8-10H,3-4,7H2,1-2H3,(H,19,21);3-6,8H,1-2H2,(H,9,10);2*1H. The second-order valence-corrected chi connectivity index (χ2v) is 9.67. The molecule has 35 heavy (non-hydrogen) atoms. The normalized spacial score (nSPS) is 12.8. The molecule has 0 unspecified atom stereocenters. The summed E-state index contributed by atoms with van der Waals surface area (Å²) in [4.78, 5) is 23.9. The number of anilines is 1. The third-order valence-electron chi connectivity index (χ3n) is 4.85. The fraction of sp³-hybridized carbons (Fsp3) is 0.333. The molecule has 0 saturated heterocycles. The van der Waals surface area contributed by atoms with Crippen LogP contribution in [0.4, 0.5) is 10.1 Å². The zero-order chi connectivity index (χ0) is 25.3. The van der Waals surface area contributed by atoms with Gasteiger partial charge in [0.15, 0.2) is 0 Å². The van der Waals surface area contributed by atoms with Gasteiger partial charge in [0.25, 0.3) is 5.91 Å². The van der Waals surface area contributed by atoms with Crippen LogP contribution in [0.5, 0.6) is 5.88 Å². The van der Waals surface area contributed by atoms with E-state index in [0.29, 0.717) is 36.0 Å². The van der Waals surface area contributed by atoms with E-state index in [1.165, 1.54) is 24.5 Å². The number of aromatic nitrogens is 3. The molecule has 2 N–H and O–H groups in total. The molecule has 190 valence electrons. The Morgan fingerprint density at radius 3 is 2.51 bits per heavy atom. The number of sulfonamides is 1. The Bertz CT molecular complexity index is 1250. The number of pyridine rings is 1. The number of carbonyl (C=O) groups excluding carboxylic acids is 1. The predicted octanol–water partition coefficient (Wildman–Crippen LogP) is 4.30. The molecule has 1 fully saturated rings. The van der Waals surface area contributed by atoms with Crippen LogP contribution >= 0.6 is 0 Å². The number of benzene rings is 1. The van der Waals surface area contributed by atoms with E-state index < -0.39 is 21.7 Å². The summed E-state index contributed by atoms with van der Waals surface area (Å²) in [5.41, 5.74) is 1.64. The highest BCUT2D eigenvalue weighted by atomic mass is 32.2. The van der Waals surface area contributed by atoms with Gasteiger partial charge >= 0.3 is 0 Å². The van der Waals surface area contributed by atoms with Crippen molar-refractivity contribution in [3.05, 3.63) is 66.5 Å². The second kappa shape index (κ2) is 12.2. The predicted molar refractivity (Wildman–Crippen MR) is 135 cm³/mol. The molecule has 1 saturated carbocycles. The van der Waals surface area contributed by atoms with Crippen molar-refractivity contribution in [2.75, 3.05) is 17.9 Å². The molecule has 4 rings (SSSR count). The van der Waals surface area contributed by atoms with E-state index in [-0.39, 0.29) is 13.7 Å². The van der Waals surface area contributed by atoms with Gasteiger partial charge in [0.2, 0.25) is 15.9 Å². The average molecular weight is 506 g/mol. The third kappa shape index (κ3) is 7.71. The number of amides is 1. The van der Waals surface area contributed by atoms with Crippen molar-refractivity contribution in [3.8, 4) is 17.1 Å². The van der Waals surface area contributed by atoms with Crippen LogP contribution in [0.15, 0.2) is 55.1 Å². The topological polar surface area (TPSA) is 123 Å². The summed E-state index contributed by atoms with van der Waals surface area (Å²) >= 11 is 0. The number of carbonyl (C=O) groups is 1. The van der Waals surface area contributed by atoms with Gasteiger partial charge < -0.3 is 10.1 Å². The lowest BCUT2D eigenvalue weighted by molar-refractivity contribution is 0.0949. The molecule has 0 spiro atoms. The molecule has 0 aliphatic heterocycles. The summed E-state index contributed by atoms with van der Waals surface area (Å²) in [5, 5.41) is 2.47. The molecule has 1 aliphatic rings. The molecular weight excluding hydrogens is 473 g/mol. The quantitative estimate of drug-likeness (QED) is 0.444. The van der Waals surface area contributed by atoms with Crippen LogP contribution in [0.1, 0.15) is 46.3 Å². The zero-order valence-electron chi connectivity index (χ0n) is 19.6. The lowest BCUT2D eigenvalue weighted by Crippen LogP contribution is -2.24. The van der Waals surface area contributed by atoms with Crippen LogP contribution < -0.4 is 14.8 Å². The molecular formula is C24H32FN5O4S. The van der Waals surface area contributed by atoms with E-state index >= 15 is 0 Å². The average Bonchev–Trinajstić information content (AvgIpc) is 3.70. The van der Waals surface area contributed by atoms with Crippen molar-refractivity contribution >= 4 is 21.6 Å². The minimum atomic E-state index is -3.12. The zero-order valence-corrected chi connectivity index (χ0v) is 20.4. The number of halogens is 1. The molecule has 3 aromatic rings. The largest absolute Gasteiger partial charge is 0.477 e. The first kappa shape index (κ1) is 26.0. The molecule has 1 aromatic carbocycles. The third-order valence-corrected chi connectivity index (χ3v) is 6.72. The number of hydrogen-bond donors (Lipinski definition) is 2. The fourth-order valence-corrected chi connectivity index (χ4v) is 4.33. The van der Waals surface area contributed by atoms with Gasteiger partial charge in [-0.3, -0.25) is 19.5 Å². The summed E-state index contributed by atoms with van der Waals surface area (Å²) in [7, 11) is -3.12. The highest BCUT2D eigenvalue weighted by molar-refractivity contribution is 7.93. The van der Waals surface area contributed by atoms with E-state index in [0.717, 1.165) is 19.3 Å². The number of nitrogens with one attached hydrogen (secondary N) is 2. The number of rotatable bonds is 9. The smallest absolute Gasteiger partial charge is 0.254 e. The van der Waals surface area contributed by atoms with Gasteiger partial charge in [-0.25, -0.2) is 17.8 Å². The Morgan fingerprint density at radius 2 is 1.89 bits per heavy atom. The van der Waals surface area contributed by atoms with Gasteiger partial charge in [-0.15, -0.1) is 0 Å². The van der Waals surface area contributed by atoms with Gasteiger partial charge in [-0.2, -0.15) is 0 Å². The summed E-state index contributed by atoms with van der Waals surface area (Å²) in [6, 6.07) is 7.65. The van der Waals surface area contributed by atoms with E-state index in [4.69, 9.17) is 4.74 Å². The number of hydrogen-bond acceptors (Lipinski definition) is 7. The van der Waals surface area contributed by atoms with Crippen molar-refractivity contribution in [1.29, 1.82) is 0 Å². The van der Waals surface area contributed by atoms with E-state index in [1.807, 2.05) is 13.8 Å². The lowest BCUT2D eigenvalue weighted by Gasteiger charge is -2.08. The highest BCUT2D eigenvalue weighted by Gasteiger charge is 2.35. The Hall–Kier alpha value is -3.60. The van der Waals surface area contributed by atoms with E-state index in [9.17, 15) is 17.6 Å². The SMILES string of the molecule is CCCNC(=O)c1ccc(-c2cncc(OCC)n2)cc1F.O=S(=O)(Nc1ccncc1)C1CC1.[HH].[HH]. The first-order valence-electron chi connectivity index (χ1n) is 11.3. The van der Waals surface area contributed by atoms with Gasteiger partial charge in [0.1, 0.15) is 5.82 Å². The molecule has 11 heteroatoms. The Morgan fingerprint density at radius 1 is 1.14 bits per heavy atom. The summed E-state index contributed by atoms with van der Waals surface area (Å²) in [6.07, 6.45) is 8.49. The molecule has 9 nitrogen and oxygen atoms in total. The van der Waals surface area contributed by atoms with Crippen molar-refractivity contribution in [2.45, 2.75) is 38.4 Å². The molecule has 2 heterocycles. The maximum Gasteiger partial charge on any atom is 0.254 e. The van der Waals surface area contributed by atoms with Crippen LogP contribution in [0.2, 0.25) is 0 Å². The Balaban J connectivity index is 0.000000392. The minimum Gasteiger partial charge on any atom is -0.477 e. The van der Waals surface area contributed by atoms with Gasteiger partial charge in [-0.1, -0.05) is 13.0 Å². The monoisotopic (exact) mass is 505 g/mol. The molecule has 1 aliphatic carbocycles. The maximum atomic E-state index is 14.1. The first-order chi connectivity index (χ1) is 16.8. The lowest BCUT2D eigenvalue weighted by atomic mass is 10.1. The number of nitrogens with zero attached hydrogens (tertiary/aromatic N) is 3. The maximum absolute atomic E-state index is 14.1. The van der Waals surface area contributed by atoms with Gasteiger partial charge in [0, 0.05) is 27.4 Å². The summed E-state index contributed by atoms with van der Waals surface area (Å²) in [6.45, 7) is 4.77. The van der Waals surface area contributed by atoms with Gasteiger partial charge in [-0.05, 0) is 50.5 Å². The number of ether oxygens (including phenoxy) is 1.